The van der Waals surface area contributed by atoms with Crippen molar-refractivity contribution in [2.45, 2.75) is 13.0 Å². The van der Waals surface area contributed by atoms with Gasteiger partial charge in [-0.05, 0) is 24.6 Å². The maximum absolute atomic E-state index is 13.1. The molecule has 0 saturated carbocycles. The molecule has 0 bridgehead atoms. The molecule has 1 atom stereocenters. The molecule has 1 saturated heterocycles. The van der Waals surface area contributed by atoms with Crippen molar-refractivity contribution in [2.75, 3.05) is 32.9 Å². The second-order valence-electron chi connectivity index (χ2n) is 8.69. The Morgan fingerprint density at radius 2 is 1.78 bits per heavy atom. The second kappa shape index (κ2) is 9.48. The number of furan rings is 1. The summed E-state index contributed by atoms with van der Waals surface area (Å²) >= 11 is 0. The molecule has 3 heterocycles. The number of benzene rings is 2. The molecule has 10 heteroatoms. The Hall–Kier alpha value is -4.15. The Labute approximate surface area is 207 Å². The molecule has 10 nitrogen and oxygen atoms in total. The minimum Gasteiger partial charge on any atom is -0.507 e. The molecule has 2 aromatic heterocycles. The van der Waals surface area contributed by atoms with Gasteiger partial charge in [0.15, 0.2) is 0 Å². The quantitative estimate of drug-likeness (QED) is 0.286. The van der Waals surface area contributed by atoms with Crippen LogP contribution >= 0.6 is 0 Å². The van der Waals surface area contributed by atoms with Crippen LogP contribution in [0.2, 0.25) is 0 Å². The third-order valence-corrected chi connectivity index (χ3v) is 6.74. The van der Waals surface area contributed by atoms with Crippen LogP contribution in [0.25, 0.3) is 21.7 Å². The van der Waals surface area contributed by atoms with E-state index in [2.05, 4.69) is 9.88 Å². The number of phenols is 1. The highest BCUT2D eigenvalue weighted by Gasteiger charge is 2.35. The maximum Gasteiger partial charge on any atom is 0.343 e. The Balaban J connectivity index is 1.81. The summed E-state index contributed by atoms with van der Waals surface area (Å²) in [6, 6.07) is 10.1. The van der Waals surface area contributed by atoms with Crippen LogP contribution in [-0.2, 0) is 4.74 Å². The minimum atomic E-state index is -0.628. The maximum atomic E-state index is 13.1. The number of fused-ring (bicyclic) bond motifs is 3. The number of ether oxygens (including phenoxy) is 1. The number of amides is 2. The first kappa shape index (κ1) is 23.6. The number of carbonyl (C=O) groups is 2. The number of pyridine rings is 1. The summed E-state index contributed by atoms with van der Waals surface area (Å²) < 4.78 is 11.3. The number of aromatic hydroxyl groups is 1. The van der Waals surface area contributed by atoms with Crippen LogP contribution in [0.4, 0.5) is 4.79 Å². The standard InChI is InChI=1S/C26H27N5O5/c1-15-19(25(33)35-14-27)20-21(23(32)17-4-2-3-5-18(17)24(20)36-15)22(16-6-8-29-9-7-16)30-10-12-31(13-11-30)26(28)34/h2-9,22,32H,10-14,27H2,1H3,(H2,28,34). The highest BCUT2D eigenvalue weighted by Crippen LogP contribution is 2.47. The van der Waals surface area contributed by atoms with Gasteiger partial charge in [0.1, 0.15) is 29.4 Å². The first-order valence-electron chi connectivity index (χ1n) is 11.6. The summed E-state index contributed by atoms with van der Waals surface area (Å²) in [5.74, 6) is -0.218. The number of esters is 1. The van der Waals surface area contributed by atoms with Gasteiger partial charge < -0.3 is 24.9 Å². The van der Waals surface area contributed by atoms with Gasteiger partial charge in [0.2, 0.25) is 0 Å². The topological polar surface area (TPSA) is 148 Å². The number of aryl methyl sites for hydroxylation is 1. The van der Waals surface area contributed by atoms with Crippen molar-refractivity contribution in [3.63, 3.8) is 0 Å². The van der Waals surface area contributed by atoms with E-state index < -0.39 is 18.0 Å². The Kier molecular flexibility index (Phi) is 6.21. The van der Waals surface area contributed by atoms with Crippen molar-refractivity contribution in [2.24, 2.45) is 11.5 Å². The number of phenolic OH excluding ortho intramolecular Hbond substituents is 1. The van der Waals surface area contributed by atoms with Crippen LogP contribution < -0.4 is 11.5 Å². The Morgan fingerprint density at radius 1 is 1.11 bits per heavy atom. The number of hydrogen-bond acceptors (Lipinski definition) is 8. The fraction of sp³-hybridized carbons (Fsp3) is 0.269. The van der Waals surface area contributed by atoms with Crippen LogP contribution in [0.15, 0.2) is 53.2 Å². The molecule has 1 aliphatic rings. The summed E-state index contributed by atoms with van der Waals surface area (Å²) in [4.78, 5) is 32.7. The molecule has 5 N–H and O–H groups in total. The first-order valence-corrected chi connectivity index (χ1v) is 11.6. The molecule has 1 fully saturated rings. The SMILES string of the molecule is Cc1oc2c(c1C(=O)OCN)c(C(c1ccncc1)N1CCN(C(N)=O)CC1)c(O)c1ccccc12. The molecule has 1 aliphatic heterocycles. The number of carbonyl (C=O) groups excluding carboxylic acids is 2. The van der Waals surface area contributed by atoms with E-state index >= 15 is 0 Å². The van der Waals surface area contributed by atoms with Crippen LogP contribution in [-0.4, -0.2) is 64.8 Å². The number of rotatable bonds is 5. The van der Waals surface area contributed by atoms with E-state index in [9.17, 15) is 14.7 Å². The molecule has 0 radical (unpaired) electrons. The van der Waals surface area contributed by atoms with Gasteiger partial charge in [-0.2, -0.15) is 0 Å². The van der Waals surface area contributed by atoms with E-state index in [4.69, 9.17) is 20.6 Å². The van der Waals surface area contributed by atoms with Crippen LogP contribution in [0.1, 0.15) is 33.3 Å². The van der Waals surface area contributed by atoms with E-state index in [1.807, 2.05) is 36.4 Å². The lowest BCUT2D eigenvalue weighted by molar-refractivity contribution is 0.0515. The summed E-state index contributed by atoms with van der Waals surface area (Å²) in [6.45, 7) is 3.27. The number of urea groups is 1. The zero-order valence-electron chi connectivity index (χ0n) is 19.8. The van der Waals surface area contributed by atoms with Gasteiger partial charge in [0.05, 0.1) is 6.04 Å². The number of nitrogens with zero attached hydrogens (tertiary/aromatic N) is 3. The molecule has 186 valence electrons. The molecule has 0 aliphatic carbocycles. The number of piperazine rings is 1. The molecule has 0 spiro atoms. The number of primary amides is 1. The fourth-order valence-corrected chi connectivity index (χ4v) is 5.11. The molecule has 2 amide bonds. The van der Waals surface area contributed by atoms with E-state index in [1.165, 1.54) is 0 Å². The zero-order chi connectivity index (χ0) is 25.4. The van der Waals surface area contributed by atoms with Crippen molar-refractivity contribution >= 4 is 33.7 Å². The lowest BCUT2D eigenvalue weighted by atomic mass is 9.89. The van der Waals surface area contributed by atoms with Crippen LogP contribution in [0.3, 0.4) is 0 Å². The van der Waals surface area contributed by atoms with E-state index in [0.717, 1.165) is 5.56 Å². The average Bonchev–Trinajstić information content (AvgIpc) is 3.24. The zero-order valence-corrected chi connectivity index (χ0v) is 19.8. The van der Waals surface area contributed by atoms with Gasteiger partial charge in [-0.1, -0.05) is 24.3 Å². The van der Waals surface area contributed by atoms with Gasteiger partial charge in [-0.25, -0.2) is 9.59 Å². The largest absolute Gasteiger partial charge is 0.507 e. The van der Waals surface area contributed by atoms with Gasteiger partial charge in [-0.3, -0.25) is 15.6 Å². The molecule has 1 unspecified atom stereocenters. The molecule has 5 rings (SSSR count). The number of aromatic nitrogens is 1. The predicted octanol–water partition coefficient (Wildman–Crippen LogP) is 2.85. The van der Waals surface area contributed by atoms with Crippen molar-refractivity contribution in [1.29, 1.82) is 0 Å². The first-order chi connectivity index (χ1) is 17.4. The molecule has 36 heavy (non-hydrogen) atoms. The monoisotopic (exact) mass is 489 g/mol. The van der Waals surface area contributed by atoms with E-state index in [0.29, 0.717) is 59.2 Å². The van der Waals surface area contributed by atoms with Crippen molar-refractivity contribution in [3.8, 4) is 5.75 Å². The smallest absolute Gasteiger partial charge is 0.343 e. The Morgan fingerprint density at radius 3 is 2.42 bits per heavy atom. The Bertz CT molecular complexity index is 1440. The molecule has 2 aromatic carbocycles. The van der Waals surface area contributed by atoms with Crippen molar-refractivity contribution in [1.82, 2.24) is 14.8 Å². The second-order valence-corrected chi connectivity index (χ2v) is 8.69. The molecule has 4 aromatic rings. The van der Waals surface area contributed by atoms with Gasteiger partial charge in [-0.15, -0.1) is 0 Å². The third-order valence-electron chi connectivity index (χ3n) is 6.74. The molecular weight excluding hydrogens is 462 g/mol. The van der Waals surface area contributed by atoms with Crippen LogP contribution in [0.5, 0.6) is 5.75 Å². The van der Waals surface area contributed by atoms with Gasteiger partial charge in [0.25, 0.3) is 0 Å². The summed E-state index contributed by atoms with van der Waals surface area (Å²) in [7, 11) is 0. The normalized spacial score (nSPS) is 15.3. The third kappa shape index (κ3) is 3.90. The highest BCUT2D eigenvalue weighted by atomic mass is 16.5. The van der Waals surface area contributed by atoms with Crippen LogP contribution in [0, 0.1) is 6.92 Å². The molecular formula is C26H27N5O5. The lowest BCUT2D eigenvalue weighted by Crippen LogP contribution is -2.51. The highest BCUT2D eigenvalue weighted by molar-refractivity contribution is 6.16. The summed E-state index contributed by atoms with van der Waals surface area (Å²) in [6.07, 6.45) is 3.36. The summed E-state index contributed by atoms with van der Waals surface area (Å²) in [5, 5.41) is 13.5. The number of hydrogen-bond donors (Lipinski definition) is 3. The fourth-order valence-electron chi connectivity index (χ4n) is 5.11. The predicted molar refractivity (Wildman–Crippen MR) is 133 cm³/mol. The number of nitrogens with two attached hydrogens (primary N) is 2. The average molecular weight is 490 g/mol. The van der Waals surface area contributed by atoms with Crippen molar-refractivity contribution in [3.05, 3.63) is 71.2 Å². The van der Waals surface area contributed by atoms with E-state index in [1.54, 1.807) is 24.2 Å². The van der Waals surface area contributed by atoms with Crippen molar-refractivity contribution < 1.29 is 23.8 Å². The van der Waals surface area contributed by atoms with Gasteiger partial charge >= 0.3 is 12.0 Å². The van der Waals surface area contributed by atoms with E-state index in [-0.39, 0.29) is 18.0 Å². The summed E-state index contributed by atoms with van der Waals surface area (Å²) in [5.41, 5.74) is 13.1. The lowest BCUT2D eigenvalue weighted by Gasteiger charge is -2.39. The van der Waals surface area contributed by atoms with Gasteiger partial charge in [0, 0.05) is 60.3 Å². The minimum absolute atomic E-state index is 0.0415.